The van der Waals surface area contributed by atoms with E-state index in [0.717, 1.165) is 12.8 Å². The van der Waals surface area contributed by atoms with Crippen LogP contribution in [0.5, 0.6) is 0 Å². The molecule has 0 radical (unpaired) electrons. The third kappa shape index (κ3) is 5.13. The Labute approximate surface area is 74.7 Å². The molecule has 3 heteroatoms. The number of hydrogen-bond donors (Lipinski definition) is 2. The SMILES string of the molecule is CCC[C@@H](N)C(=O)NC(C)(C)C. The highest BCUT2D eigenvalue weighted by Gasteiger charge is 2.18. The lowest BCUT2D eigenvalue weighted by molar-refractivity contribution is -0.123. The Kier molecular flexibility index (Phi) is 4.24. The van der Waals surface area contributed by atoms with E-state index in [1.807, 2.05) is 27.7 Å². The number of nitrogens with one attached hydrogen (secondary N) is 1. The minimum Gasteiger partial charge on any atom is -0.350 e. The number of rotatable bonds is 3. The molecule has 3 nitrogen and oxygen atoms in total. The fourth-order valence-electron chi connectivity index (χ4n) is 0.904. The molecule has 0 bridgehead atoms. The summed E-state index contributed by atoms with van der Waals surface area (Å²) in [7, 11) is 0. The fraction of sp³-hybridized carbons (Fsp3) is 0.889. The quantitative estimate of drug-likeness (QED) is 0.668. The van der Waals surface area contributed by atoms with Gasteiger partial charge in [0.1, 0.15) is 0 Å². The zero-order chi connectivity index (χ0) is 9.78. The molecule has 0 unspecified atom stereocenters. The largest absolute Gasteiger partial charge is 0.350 e. The molecule has 72 valence electrons. The molecule has 0 aliphatic heterocycles. The molecule has 0 aromatic rings. The molecule has 3 N–H and O–H groups in total. The van der Waals surface area contributed by atoms with Gasteiger partial charge in [-0.15, -0.1) is 0 Å². The van der Waals surface area contributed by atoms with Crippen molar-refractivity contribution in [3.05, 3.63) is 0 Å². The highest BCUT2D eigenvalue weighted by atomic mass is 16.2. The van der Waals surface area contributed by atoms with E-state index in [2.05, 4.69) is 5.32 Å². The summed E-state index contributed by atoms with van der Waals surface area (Å²) < 4.78 is 0. The van der Waals surface area contributed by atoms with Gasteiger partial charge in [-0.25, -0.2) is 0 Å². The number of carbonyl (C=O) groups is 1. The van der Waals surface area contributed by atoms with Crippen molar-refractivity contribution in [2.24, 2.45) is 5.73 Å². The normalized spacial score (nSPS) is 14.1. The van der Waals surface area contributed by atoms with E-state index in [-0.39, 0.29) is 17.5 Å². The van der Waals surface area contributed by atoms with Crippen molar-refractivity contribution < 1.29 is 4.79 Å². The number of amides is 1. The average Bonchev–Trinajstić information content (AvgIpc) is 1.84. The van der Waals surface area contributed by atoms with Crippen molar-refractivity contribution in [3.8, 4) is 0 Å². The van der Waals surface area contributed by atoms with E-state index in [0.29, 0.717) is 0 Å². The van der Waals surface area contributed by atoms with Crippen LogP contribution in [0, 0.1) is 0 Å². The molecular formula is C9H20N2O. The van der Waals surface area contributed by atoms with Crippen molar-refractivity contribution in [2.75, 3.05) is 0 Å². The summed E-state index contributed by atoms with van der Waals surface area (Å²) in [6.07, 6.45) is 1.70. The van der Waals surface area contributed by atoms with Crippen molar-refractivity contribution in [2.45, 2.75) is 52.1 Å². The maximum atomic E-state index is 11.3. The topological polar surface area (TPSA) is 55.1 Å². The molecule has 0 heterocycles. The zero-order valence-electron chi connectivity index (χ0n) is 8.48. The smallest absolute Gasteiger partial charge is 0.237 e. The lowest BCUT2D eigenvalue weighted by Gasteiger charge is -2.22. The zero-order valence-corrected chi connectivity index (χ0v) is 8.48. The molecule has 0 aromatic carbocycles. The minimum absolute atomic E-state index is 0.0515. The van der Waals surface area contributed by atoms with Crippen LogP contribution in [0.1, 0.15) is 40.5 Å². The summed E-state index contributed by atoms with van der Waals surface area (Å²) in [6.45, 7) is 7.86. The van der Waals surface area contributed by atoms with Crippen molar-refractivity contribution in [1.29, 1.82) is 0 Å². The molecule has 0 fully saturated rings. The molecule has 0 aliphatic carbocycles. The summed E-state index contributed by atoms with van der Waals surface area (Å²) in [6, 6.07) is -0.353. The number of nitrogens with two attached hydrogens (primary N) is 1. The Morgan fingerprint density at radius 3 is 2.33 bits per heavy atom. The van der Waals surface area contributed by atoms with Crippen LogP contribution in [-0.4, -0.2) is 17.5 Å². The lowest BCUT2D eigenvalue weighted by atomic mass is 10.1. The Balaban J connectivity index is 3.87. The summed E-state index contributed by atoms with van der Waals surface area (Å²) in [5.41, 5.74) is 5.44. The van der Waals surface area contributed by atoms with E-state index in [1.165, 1.54) is 0 Å². The van der Waals surface area contributed by atoms with Crippen molar-refractivity contribution >= 4 is 5.91 Å². The Hall–Kier alpha value is -0.570. The first-order valence-corrected chi connectivity index (χ1v) is 4.44. The molecule has 0 spiro atoms. The van der Waals surface area contributed by atoms with Crippen LogP contribution in [-0.2, 0) is 4.79 Å². The van der Waals surface area contributed by atoms with Crippen LogP contribution in [0.15, 0.2) is 0 Å². The van der Waals surface area contributed by atoms with Gasteiger partial charge in [0.05, 0.1) is 6.04 Å². The van der Waals surface area contributed by atoms with Gasteiger partial charge in [0, 0.05) is 5.54 Å². The van der Waals surface area contributed by atoms with Gasteiger partial charge < -0.3 is 11.1 Å². The van der Waals surface area contributed by atoms with Crippen LogP contribution in [0.3, 0.4) is 0 Å². The molecular weight excluding hydrogens is 152 g/mol. The van der Waals surface area contributed by atoms with E-state index in [4.69, 9.17) is 5.73 Å². The van der Waals surface area contributed by atoms with Crippen LogP contribution in [0.4, 0.5) is 0 Å². The van der Waals surface area contributed by atoms with Gasteiger partial charge in [-0.2, -0.15) is 0 Å². The fourth-order valence-corrected chi connectivity index (χ4v) is 0.904. The van der Waals surface area contributed by atoms with E-state index >= 15 is 0 Å². The van der Waals surface area contributed by atoms with Gasteiger partial charge in [-0.3, -0.25) is 4.79 Å². The van der Waals surface area contributed by atoms with Crippen LogP contribution in [0.25, 0.3) is 0 Å². The van der Waals surface area contributed by atoms with Crippen LogP contribution in [0.2, 0.25) is 0 Å². The predicted octanol–water partition coefficient (Wildman–Crippen LogP) is 1.03. The first kappa shape index (κ1) is 11.4. The average molecular weight is 172 g/mol. The van der Waals surface area contributed by atoms with Gasteiger partial charge in [-0.05, 0) is 27.2 Å². The maximum Gasteiger partial charge on any atom is 0.237 e. The second kappa shape index (κ2) is 4.45. The predicted molar refractivity (Wildman–Crippen MR) is 50.8 cm³/mol. The first-order valence-electron chi connectivity index (χ1n) is 4.44. The summed E-state index contributed by atoms with van der Waals surface area (Å²) in [5.74, 6) is -0.0515. The molecule has 0 rings (SSSR count). The molecule has 0 aliphatic rings. The highest BCUT2D eigenvalue weighted by molar-refractivity contribution is 5.82. The van der Waals surface area contributed by atoms with Gasteiger partial charge in [0.25, 0.3) is 0 Å². The molecule has 1 atom stereocenters. The molecule has 12 heavy (non-hydrogen) atoms. The standard InChI is InChI=1S/C9H20N2O/c1-5-6-7(10)8(12)11-9(2,3)4/h7H,5-6,10H2,1-4H3,(H,11,12)/t7-/m1/s1. The van der Waals surface area contributed by atoms with E-state index in [9.17, 15) is 4.79 Å². The van der Waals surface area contributed by atoms with Gasteiger partial charge in [0.15, 0.2) is 0 Å². The van der Waals surface area contributed by atoms with Crippen LogP contribution < -0.4 is 11.1 Å². The van der Waals surface area contributed by atoms with Gasteiger partial charge in [-0.1, -0.05) is 13.3 Å². The molecule has 1 amide bonds. The van der Waals surface area contributed by atoms with E-state index in [1.54, 1.807) is 0 Å². The second-order valence-electron chi connectivity index (χ2n) is 4.13. The van der Waals surface area contributed by atoms with Crippen molar-refractivity contribution in [1.82, 2.24) is 5.32 Å². The number of hydrogen-bond acceptors (Lipinski definition) is 2. The van der Waals surface area contributed by atoms with Gasteiger partial charge in [0.2, 0.25) is 5.91 Å². The first-order chi connectivity index (χ1) is 5.37. The second-order valence-corrected chi connectivity index (χ2v) is 4.13. The third-order valence-electron chi connectivity index (χ3n) is 1.43. The maximum absolute atomic E-state index is 11.3. The van der Waals surface area contributed by atoms with E-state index < -0.39 is 0 Å². The Morgan fingerprint density at radius 2 is 2.00 bits per heavy atom. The summed E-state index contributed by atoms with van der Waals surface area (Å²) >= 11 is 0. The lowest BCUT2D eigenvalue weighted by Crippen LogP contribution is -2.48. The summed E-state index contributed by atoms with van der Waals surface area (Å²) in [5, 5.41) is 2.84. The minimum atomic E-state index is -0.353. The summed E-state index contributed by atoms with van der Waals surface area (Å²) in [4.78, 5) is 11.3. The number of carbonyl (C=O) groups excluding carboxylic acids is 1. The Morgan fingerprint density at radius 1 is 1.50 bits per heavy atom. The molecule has 0 saturated carbocycles. The monoisotopic (exact) mass is 172 g/mol. The van der Waals surface area contributed by atoms with Crippen LogP contribution >= 0.6 is 0 Å². The molecule has 0 aromatic heterocycles. The third-order valence-corrected chi connectivity index (χ3v) is 1.43. The Bertz CT molecular complexity index is 149. The molecule has 0 saturated heterocycles. The highest BCUT2D eigenvalue weighted by Crippen LogP contribution is 2.01. The van der Waals surface area contributed by atoms with Gasteiger partial charge >= 0.3 is 0 Å². The van der Waals surface area contributed by atoms with Crippen molar-refractivity contribution in [3.63, 3.8) is 0 Å².